The van der Waals surface area contributed by atoms with Gasteiger partial charge in [-0.1, -0.05) is 42.0 Å². The molecule has 3 aromatic carbocycles. The van der Waals surface area contributed by atoms with Crippen molar-refractivity contribution in [1.82, 2.24) is 4.98 Å². The number of hydrogen-bond acceptors (Lipinski definition) is 6. The molecule has 0 aliphatic carbocycles. The number of para-hydroxylation sites is 1. The molecule has 7 heteroatoms. The molecule has 6 rings (SSSR count). The number of benzene rings is 3. The fourth-order valence-electron chi connectivity index (χ4n) is 4.31. The van der Waals surface area contributed by atoms with Crippen LogP contribution in [0.3, 0.4) is 0 Å². The van der Waals surface area contributed by atoms with Crippen molar-refractivity contribution in [2.45, 2.75) is 13.0 Å². The Hall–Kier alpha value is -4.23. The highest BCUT2D eigenvalue weighted by Gasteiger charge is 2.44. The van der Waals surface area contributed by atoms with Crippen molar-refractivity contribution in [3.63, 3.8) is 0 Å². The zero-order chi connectivity index (χ0) is 23.2. The van der Waals surface area contributed by atoms with Crippen molar-refractivity contribution in [2.75, 3.05) is 4.90 Å². The summed E-state index contributed by atoms with van der Waals surface area (Å²) in [5.41, 5.74) is 2.16. The van der Waals surface area contributed by atoms with Crippen molar-refractivity contribution in [1.29, 1.82) is 0 Å². The molecule has 1 unspecified atom stereocenters. The molecule has 0 spiro atoms. The third kappa shape index (κ3) is 3.29. The number of hydrogen-bond donors (Lipinski definition) is 0. The lowest BCUT2D eigenvalue weighted by molar-refractivity contribution is 0.0971. The van der Waals surface area contributed by atoms with Crippen molar-refractivity contribution >= 4 is 33.3 Å². The van der Waals surface area contributed by atoms with E-state index in [0.717, 1.165) is 11.1 Å². The van der Waals surface area contributed by atoms with E-state index < -0.39 is 6.04 Å². The fourth-order valence-corrected chi connectivity index (χ4v) is 4.97. The summed E-state index contributed by atoms with van der Waals surface area (Å²) in [6, 6.07) is 21.6. The molecule has 1 aliphatic rings. The van der Waals surface area contributed by atoms with Crippen LogP contribution >= 0.6 is 11.3 Å². The van der Waals surface area contributed by atoms with Crippen molar-refractivity contribution in [3.05, 3.63) is 117 Å². The number of ether oxygens (including phenoxy) is 1. The Morgan fingerprint density at radius 2 is 1.79 bits per heavy atom. The van der Waals surface area contributed by atoms with Gasteiger partial charge in [-0.3, -0.25) is 14.5 Å². The largest absolute Gasteiger partial charge is 0.457 e. The molecule has 2 aromatic heterocycles. The summed E-state index contributed by atoms with van der Waals surface area (Å²) in [5, 5.41) is 2.75. The molecule has 0 saturated carbocycles. The number of aryl methyl sites for hydroxylation is 1. The minimum absolute atomic E-state index is 0.0518. The maximum absolute atomic E-state index is 13.7. The van der Waals surface area contributed by atoms with Crippen LogP contribution in [0, 0.1) is 6.92 Å². The van der Waals surface area contributed by atoms with Gasteiger partial charge < -0.3 is 9.15 Å². The van der Waals surface area contributed by atoms with Gasteiger partial charge in [-0.15, -0.1) is 11.3 Å². The van der Waals surface area contributed by atoms with E-state index in [-0.39, 0.29) is 17.1 Å². The first-order valence-corrected chi connectivity index (χ1v) is 11.6. The van der Waals surface area contributed by atoms with Crippen LogP contribution in [-0.4, -0.2) is 10.9 Å². The average Bonchev–Trinajstić information content (AvgIpc) is 3.47. The molecule has 1 aliphatic heterocycles. The van der Waals surface area contributed by atoms with Gasteiger partial charge in [0.05, 0.1) is 17.0 Å². The third-order valence-corrected chi connectivity index (χ3v) is 6.57. The van der Waals surface area contributed by atoms with Crippen molar-refractivity contribution in [2.24, 2.45) is 0 Å². The molecule has 0 radical (unpaired) electrons. The lowest BCUT2D eigenvalue weighted by Gasteiger charge is -2.23. The monoisotopic (exact) mass is 466 g/mol. The summed E-state index contributed by atoms with van der Waals surface area (Å²) in [6.07, 6.45) is 1.64. The summed E-state index contributed by atoms with van der Waals surface area (Å²) in [6.45, 7) is 1.92. The highest BCUT2D eigenvalue weighted by atomic mass is 32.1. The Kier molecular flexibility index (Phi) is 4.78. The molecule has 3 heterocycles. The maximum atomic E-state index is 13.7. The van der Waals surface area contributed by atoms with Gasteiger partial charge in [0, 0.05) is 11.6 Å². The smallest absolute Gasteiger partial charge is 0.297 e. The Bertz CT molecular complexity index is 1590. The summed E-state index contributed by atoms with van der Waals surface area (Å²) in [4.78, 5) is 33.1. The van der Waals surface area contributed by atoms with Crippen LogP contribution in [0.25, 0.3) is 11.0 Å². The number of aromatic nitrogens is 1. The molecule has 0 N–H and O–H groups in total. The van der Waals surface area contributed by atoms with E-state index in [2.05, 4.69) is 4.98 Å². The number of carbonyl (C=O) groups is 1. The molecular weight excluding hydrogens is 448 g/mol. The SMILES string of the molecule is Cc1ccc2oc3c(c(=O)c2c1)C(c1cccc(Oc2ccccc2)c1)N(c1nccs1)C3=O. The topological polar surface area (TPSA) is 72.6 Å². The first-order valence-electron chi connectivity index (χ1n) is 10.7. The van der Waals surface area contributed by atoms with Crippen LogP contribution < -0.4 is 15.1 Å². The Labute approximate surface area is 198 Å². The van der Waals surface area contributed by atoms with Gasteiger partial charge in [0.1, 0.15) is 17.1 Å². The molecule has 1 atom stereocenters. The highest BCUT2D eigenvalue weighted by Crippen LogP contribution is 2.42. The number of fused-ring (bicyclic) bond motifs is 2. The quantitative estimate of drug-likeness (QED) is 0.320. The lowest BCUT2D eigenvalue weighted by atomic mass is 9.98. The molecule has 0 saturated heterocycles. The molecular formula is C27H18N2O4S. The van der Waals surface area contributed by atoms with Crippen LogP contribution in [0.15, 0.2) is 93.6 Å². The second-order valence-electron chi connectivity index (χ2n) is 8.05. The van der Waals surface area contributed by atoms with E-state index in [9.17, 15) is 9.59 Å². The molecule has 5 aromatic rings. The lowest BCUT2D eigenvalue weighted by Crippen LogP contribution is -2.29. The van der Waals surface area contributed by atoms with Crippen LogP contribution in [0.1, 0.15) is 33.3 Å². The second-order valence-corrected chi connectivity index (χ2v) is 8.93. The number of amides is 1. The van der Waals surface area contributed by atoms with E-state index in [4.69, 9.17) is 9.15 Å². The van der Waals surface area contributed by atoms with Gasteiger partial charge in [-0.05, 0) is 48.9 Å². The fraction of sp³-hybridized carbons (Fsp3) is 0.0741. The predicted octanol–water partition coefficient (Wildman–Crippen LogP) is 6.10. The second kappa shape index (κ2) is 7.97. The first-order chi connectivity index (χ1) is 16.6. The first kappa shape index (κ1) is 20.4. The minimum atomic E-state index is -0.686. The number of nitrogens with zero attached hydrogens (tertiary/aromatic N) is 2. The van der Waals surface area contributed by atoms with Gasteiger partial charge in [0.25, 0.3) is 5.91 Å². The maximum Gasteiger partial charge on any atom is 0.297 e. The van der Waals surface area contributed by atoms with Crippen LogP contribution in [-0.2, 0) is 0 Å². The van der Waals surface area contributed by atoms with Gasteiger partial charge in [-0.25, -0.2) is 4.98 Å². The van der Waals surface area contributed by atoms with Crippen LogP contribution in [0.4, 0.5) is 5.13 Å². The number of rotatable bonds is 4. The summed E-state index contributed by atoms with van der Waals surface area (Å²) >= 11 is 1.33. The normalized spacial score (nSPS) is 15.0. The van der Waals surface area contributed by atoms with Crippen LogP contribution in [0.2, 0.25) is 0 Å². The van der Waals surface area contributed by atoms with E-state index in [1.54, 1.807) is 23.7 Å². The molecule has 0 bridgehead atoms. The van der Waals surface area contributed by atoms with Gasteiger partial charge in [-0.2, -0.15) is 0 Å². The van der Waals surface area contributed by atoms with Gasteiger partial charge in [0.2, 0.25) is 5.76 Å². The van der Waals surface area contributed by atoms with Gasteiger partial charge in [0.15, 0.2) is 10.6 Å². The molecule has 34 heavy (non-hydrogen) atoms. The highest BCUT2D eigenvalue weighted by molar-refractivity contribution is 7.13. The van der Waals surface area contributed by atoms with E-state index in [1.807, 2.05) is 67.6 Å². The van der Waals surface area contributed by atoms with Crippen molar-refractivity contribution < 1.29 is 13.9 Å². The van der Waals surface area contributed by atoms with E-state index in [1.165, 1.54) is 16.2 Å². The van der Waals surface area contributed by atoms with Crippen LogP contribution in [0.5, 0.6) is 11.5 Å². The summed E-state index contributed by atoms with van der Waals surface area (Å²) < 4.78 is 12.0. The molecule has 0 fully saturated rings. The third-order valence-electron chi connectivity index (χ3n) is 5.80. The zero-order valence-electron chi connectivity index (χ0n) is 18.1. The number of anilines is 1. The summed E-state index contributed by atoms with van der Waals surface area (Å²) in [5.74, 6) is 0.963. The standard InChI is InChI=1S/C27H18N2O4S/c1-16-10-11-21-20(14-16)24(30)22-23(29(26(31)25(22)33-21)27-28-12-13-34-27)17-6-5-9-19(15-17)32-18-7-3-2-4-8-18/h2-15,23H,1H3. The minimum Gasteiger partial charge on any atom is -0.457 e. The molecule has 6 nitrogen and oxygen atoms in total. The Morgan fingerprint density at radius 1 is 0.971 bits per heavy atom. The summed E-state index contributed by atoms with van der Waals surface area (Å²) in [7, 11) is 0. The Morgan fingerprint density at radius 3 is 2.59 bits per heavy atom. The Balaban J connectivity index is 1.55. The van der Waals surface area contributed by atoms with Crippen molar-refractivity contribution in [3.8, 4) is 11.5 Å². The zero-order valence-corrected chi connectivity index (χ0v) is 18.9. The predicted molar refractivity (Wildman–Crippen MR) is 131 cm³/mol. The molecule has 166 valence electrons. The van der Waals surface area contributed by atoms with E-state index in [0.29, 0.717) is 33.2 Å². The average molecular weight is 467 g/mol. The number of thiazole rings is 1. The van der Waals surface area contributed by atoms with Gasteiger partial charge >= 0.3 is 0 Å². The number of carbonyl (C=O) groups excluding carboxylic acids is 1. The molecule has 1 amide bonds. The van der Waals surface area contributed by atoms with E-state index >= 15 is 0 Å².